The van der Waals surface area contributed by atoms with Gasteiger partial charge in [-0.3, -0.25) is 0 Å². The molecule has 0 aliphatic carbocycles. The Morgan fingerprint density at radius 2 is 2.57 bits per heavy atom. The van der Waals surface area contributed by atoms with Crippen molar-refractivity contribution in [3.8, 4) is 0 Å². The number of nitrogens with zero attached hydrogens (tertiary/aromatic N) is 3. The van der Waals surface area contributed by atoms with E-state index >= 15 is 0 Å². The van der Waals surface area contributed by atoms with Crippen molar-refractivity contribution < 1.29 is 4.74 Å². The highest BCUT2D eigenvalue weighted by molar-refractivity contribution is 6.17. The van der Waals surface area contributed by atoms with E-state index in [1.807, 2.05) is 10.9 Å². The molecule has 0 N–H and O–H groups in total. The zero-order valence-corrected chi connectivity index (χ0v) is 8.78. The standard InChI is InChI=1S/C9H14ClN3O/c10-4-1-2-8-6-13(12-11-8)9-3-5-14-7-9/h6,9H,1-5,7H2. The summed E-state index contributed by atoms with van der Waals surface area (Å²) < 4.78 is 7.21. The molecule has 2 heterocycles. The van der Waals surface area contributed by atoms with Crippen LogP contribution in [-0.2, 0) is 11.2 Å². The van der Waals surface area contributed by atoms with Gasteiger partial charge in [0.1, 0.15) is 0 Å². The van der Waals surface area contributed by atoms with E-state index in [0.717, 1.165) is 38.2 Å². The summed E-state index contributed by atoms with van der Waals surface area (Å²) >= 11 is 5.61. The summed E-state index contributed by atoms with van der Waals surface area (Å²) in [5, 5.41) is 8.19. The van der Waals surface area contributed by atoms with E-state index in [9.17, 15) is 0 Å². The Bertz CT molecular complexity index is 283. The van der Waals surface area contributed by atoms with Crippen molar-refractivity contribution in [2.24, 2.45) is 0 Å². The molecule has 1 aliphatic heterocycles. The van der Waals surface area contributed by atoms with Crippen LogP contribution in [0.5, 0.6) is 0 Å². The summed E-state index contributed by atoms with van der Waals surface area (Å²) in [7, 11) is 0. The second-order valence-electron chi connectivity index (χ2n) is 3.50. The van der Waals surface area contributed by atoms with Crippen LogP contribution in [0, 0.1) is 0 Å². The Morgan fingerprint density at radius 3 is 3.29 bits per heavy atom. The summed E-state index contributed by atoms with van der Waals surface area (Å²) in [4.78, 5) is 0. The third-order valence-corrected chi connectivity index (χ3v) is 2.67. The van der Waals surface area contributed by atoms with Gasteiger partial charge in [-0.25, -0.2) is 4.68 Å². The Hall–Kier alpha value is -0.610. The van der Waals surface area contributed by atoms with Gasteiger partial charge >= 0.3 is 0 Å². The summed E-state index contributed by atoms with van der Waals surface area (Å²) in [6.07, 6.45) is 4.92. The molecule has 0 amide bonds. The van der Waals surface area contributed by atoms with Crippen LogP contribution in [0.3, 0.4) is 0 Å². The maximum absolute atomic E-state index is 5.61. The van der Waals surface area contributed by atoms with Gasteiger partial charge in [0, 0.05) is 18.7 Å². The summed E-state index contributed by atoms with van der Waals surface area (Å²) in [6.45, 7) is 1.60. The van der Waals surface area contributed by atoms with Crippen LogP contribution in [0.15, 0.2) is 6.20 Å². The number of rotatable bonds is 4. The van der Waals surface area contributed by atoms with Gasteiger partial charge in [0.25, 0.3) is 0 Å². The second-order valence-corrected chi connectivity index (χ2v) is 3.88. The van der Waals surface area contributed by atoms with Gasteiger partial charge in [-0.15, -0.1) is 16.7 Å². The molecule has 1 saturated heterocycles. The normalized spacial score (nSPS) is 21.6. The average molecular weight is 216 g/mol. The lowest BCUT2D eigenvalue weighted by Crippen LogP contribution is -2.08. The van der Waals surface area contributed by atoms with E-state index in [4.69, 9.17) is 16.3 Å². The molecule has 1 aromatic heterocycles. The molecule has 1 fully saturated rings. The molecule has 0 aromatic carbocycles. The van der Waals surface area contributed by atoms with Gasteiger partial charge in [-0.2, -0.15) is 0 Å². The molecular weight excluding hydrogens is 202 g/mol. The fraction of sp³-hybridized carbons (Fsp3) is 0.778. The van der Waals surface area contributed by atoms with Gasteiger partial charge in [-0.05, 0) is 19.3 Å². The van der Waals surface area contributed by atoms with E-state index in [0.29, 0.717) is 11.9 Å². The van der Waals surface area contributed by atoms with Crippen LogP contribution < -0.4 is 0 Å². The van der Waals surface area contributed by atoms with Crippen LogP contribution in [0.2, 0.25) is 0 Å². The molecule has 14 heavy (non-hydrogen) atoms. The zero-order chi connectivity index (χ0) is 9.80. The van der Waals surface area contributed by atoms with Crippen molar-refractivity contribution in [3.05, 3.63) is 11.9 Å². The molecule has 1 unspecified atom stereocenters. The minimum Gasteiger partial charge on any atom is -0.379 e. The summed E-state index contributed by atoms with van der Waals surface area (Å²) in [5.74, 6) is 0.680. The van der Waals surface area contributed by atoms with E-state index in [2.05, 4.69) is 10.3 Å². The van der Waals surface area contributed by atoms with E-state index in [1.165, 1.54) is 0 Å². The zero-order valence-electron chi connectivity index (χ0n) is 8.03. The second kappa shape index (κ2) is 4.75. The largest absolute Gasteiger partial charge is 0.379 e. The first-order chi connectivity index (χ1) is 6.90. The van der Waals surface area contributed by atoms with Crippen molar-refractivity contribution in [2.75, 3.05) is 19.1 Å². The molecule has 1 aromatic rings. The van der Waals surface area contributed by atoms with E-state index in [-0.39, 0.29) is 0 Å². The van der Waals surface area contributed by atoms with Crippen molar-refractivity contribution in [2.45, 2.75) is 25.3 Å². The molecule has 5 heteroatoms. The quantitative estimate of drug-likeness (QED) is 0.713. The number of halogens is 1. The van der Waals surface area contributed by atoms with Crippen molar-refractivity contribution in [1.82, 2.24) is 15.0 Å². The molecule has 4 nitrogen and oxygen atoms in total. The SMILES string of the molecule is ClCCCc1cn(C2CCOC2)nn1. The minimum absolute atomic E-state index is 0.382. The van der Waals surface area contributed by atoms with E-state index in [1.54, 1.807) is 0 Å². The number of alkyl halides is 1. The number of aryl methyl sites for hydroxylation is 1. The van der Waals surface area contributed by atoms with Crippen LogP contribution in [0.25, 0.3) is 0 Å². The first-order valence-corrected chi connectivity index (χ1v) is 5.48. The first kappa shape index (κ1) is 9.93. The maximum atomic E-state index is 5.61. The van der Waals surface area contributed by atoms with Crippen molar-refractivity contribution in [3.63, 3.8) is 0 Å². The van der Waals surface area contributed by atoms with Gasteiger partial charge in [0.15, 0.2) is 0 Å². The first-order valence-electron chi connectivity index (χ1n) is 4.94. The Kier molecular flexibility index (Phi) is 3.37. The Balaban J connectivity index is 1.94. The smallest absolute Gasteiger partial charge is 0.0827 e. The highest BCUT2D eigenvalue weighted by Crippen LogP contribution is 2.17. The number of hydrogen-bond acceptors (Lipinski definition) is 3. The molecular formula is C9H14ClN3O. The highest BCUT2D eigenvalue weighted by Gasteiger charge is 2.18. The number of aromatic nitrogens is 3. The van der Waals surface area contributed by atoms with Crippen LogP contribution in [0.1, 0.15) is 24.6 Å². The lowest BCUT2D eigenvalue weighted by Gasteiger charge is -2.04. The molecule has 2 rings (SSSR count). The highest BCUT2D eigenvalue weighted by atomic mass is 35.5. The Morgan fingerprint density at radius 1 is 1.64 bits per heavy atom. The third-order valence-electron chi connectivity index (χ3n) is 2.40. The van der Waals surface area contributed by atoms with Crippen molar-refractivity contribution in [1.29, 1.82) is 0 Å². The van der Waals surface area contributed by atoms with Gasteiger partial charge < -0.3 is 4.74 Å². The monoisotopic (exact) mass is 215 g/mol. The van der Waals surface area contributed by atoms with Crippen LogP contribution in [-0.4, -0.2) is 34.1 Å². The predicted octanol–water partition coefficient (Wildman–Crippen LogP) is 1.41. The fourth-order valence-electron chi connectivity index (χ4n) is 1.59. The summed E-state index contributed by atoms with van der Waals surface area (Å²) in [5.41, 5.74) is 1.03. The molecule has 0 spiro atoms. The number of ether oxygens (including phenoxy) is 1. The molecule has 1 atom stereocenters. The summed E-state index contributed by atoms with van der Waals surface area (Å²) in [6, 6.07) is 0.382. The fourth-order valence-corrected chi connectivity index (χ4v) is 1.72. The third kappa shape index (κ3) is 2.25. The van der Waals surface area contributed by atoms with Crippen molar-refractivity contribution >= 4 is 11.6 Å². The van der Waals surface area contributed by atoms with Gasteiger partial charge in [0.05, 0.1) is 18.3 Å². The van der Waals surface area contributed by atoms with Gasteiger partial charge in [-0.1, -0.05) is 5.21 Å². The maximum Gasteiger partial charge on any atom is 0.0827 e. The predicted molar refractivity (Wildman–Crippen MR) is 53.5 cm³/mol. The Labute approximate surface area is 88.2 Å². The molecule has 78 valence electrons. The number of hydrogen-bond donors (Lipinski definition) is 0. The molecule has 0 radical (unpaired) electrons. The lowest BCUT2D eigenvalue weighted by molar-refractivity contribution is 0.184. The van der Waals surface area contributed by atoms with Crippen LogP contribution >= 0.6 is 11.6 Å². The van der Waals surface area contributed by atoms with Gasteiger partial charge in [0.2, 0.25) is 0 Å². The lowest BCUT2D eigenvalue weighted by atomic mass is 10.2. The molecule has 0 saturated carbocycles. The molecule has 0 bridgehead atoms. The molecule has 1 aliphatic rings. The topological polar surface area (TPSA) is 39.9 Å². The van der Waals surface area contributed by atoms with Crippen LogP contribution in [0.4, 0.5) is 0 Å². The average Bonchev–Trinajstić information content (AvgIpc) is 2.85. The minimum atomic E-state index is 0.382. The van der Waals surface area contributed by atoms with E-state index < -0.39 is 0 Å².